The van der Waals surface area contributed by atoms with Crippen LogP contribution in [0.2, 0.25) is 0 Å². The lowest BCUT2D eigenvalue weighted by atomic mass is 10.4. The summed E-state index contributed by atoms with van der Waals surface area (Å²) in [6, 6.07) is 0. The minimum absolute atomic E-state index is 0.334. The van der Waals surface area contributed by atoms with E-state index in [-0.39, 0.29) is 5.69 Å². The van der Waals surface area contributed by atoms with Gasteiger partial charge in [-0.3, -0.25) is 4.57 Å². The minimum atomic E-state index is -0.510. The minimum Gasteiger partial charge on any atom is -0.392 e. The van der Waals surface area contributed by atoms with Gasteiger partial charge < -0.3 is 15.0 Å². The van der Waals surface area contributed by atoms with Gasteiger partial charge in [-0.2, -0.15) is 4.98 Å². The van der Waals surface area contributed by atoms with E-state index in [9.17, 15) is 9.90 Å². The maximum atomic E-state index is 11.6. The lowest BCUT2D eigenvalue weighted by Gasteiger charge is -2.10. The standard InChI is InChI=1S/C10H15N5O2/c1-6(16)4-11-8-7-9(12-5-14(7)2)15(3)10(17)13-8/h5-6,16H,4H2,1-3H3,(H,11,13,17). The highest BCUT2D eigenvalue weighted by Crippen LogP contribution is 2.16. The summed E-state index contributed by atoms with van der Waals surface area (Å²) in [5, 5.41) is 12.2. The topological polar surface area (TPSA) is 85.0 Å². The van der Waals surface area contributed by atoms with Crippen molar-refractivity contribution in [1.29, 1.82) is 0 Å². The van der Waals surface area contributed by atoms with Gasteiger partial charge in [0.05, 0.1) is 12.4 Å². The summed E-state index contributed by atoms with van der Waals surface area (Å²) in [6.07, 6.45) is 1.11. The van der Waals surface area contributed by atoms with E-state index in [1.807, 2.05) is 7.05 Å². The predicted octanol–water partition coefficient (Wildman–Crippen LogP) is -0.540. The fourth-order valence-corrected chi connectivity index (χ4v) is 1.62. The molecule has 7 nitrogen and oxygen atoms in total. The molecule has 2 N–H and O–H groups in total. The number of hydrogen-bond donors (Lipinski definition) is 2. The van der Waals surface area contributed by atoms with Gasteiger partial charge in [-0.25, -0.2) is 9.78 Å². The first-order valence-electron chi connectivity index (χ1n) is 5.30. The summed E-state index contributed by atoms with van der Waals surface area (Å²) in [5.74, 6) is 0.448. The average Bonchev–Trinajstić information content (AvgIpc) is 2.64. The molecule has 92 valence electrons. The first-order valence-corrected chi connectivity index (χ1v) is 5.30. The second-order valence-corrected chi connectivity index (χ2v) is 4.06. The zero-order chi connectivity index (χ0) is 12.6. The normalized spacial score (nSPS) is 12.9. The molecule has 2 aromatic rings. The number of aromatic nitrogens is 4. The van der Waals surface area contributed by atoms with Crippen molar-refractivity contribution >= 4 is 17.0 Å². The largest absolute Gasteiger partial charge is 0.392 e. The number of fused-ring (bicyclic) bond motifs is 1. The molecule has 0 aliphatic rings. The third-order valence-electron chi connectivity index (χ3n) is 2.52. The second kappa shape index (κ2) is 4.17. The van der Waals surface area contributed by atoms with Crippen molar-refractivity contribution in [3.05, 3.63) is 16.8 Å². The van der Waals surface area contributed by atoms with Crippen LogP contribution in [-0.2, 0) is 14.1 Å². The van der Waals surface area contributed by atoms with Crippen LogP contribution in [0, 0.1) is 0 Å². The Morgan fingerprint density at radius 3 is 2.88 bits per heavy atom. The van der Waals surface area contributed by atoms with Gasteiger partial charge in [-0.1, -0.05) is 0 Å². The highest BCUT2D eigenvalue weighted by atomic mass is 16.3. The van der Waals surface area contributed by atoms with Crippen LogP contribution in [0.15, 0.2) is 11.1 Å². The zero-order valence-electron chi connectivity index (χ0n) is 10.0. The lowest BCUT2D eigenvalue weighted by Crippen LogP contribution is -2.24. The number of aliphatic hydroxyl groups excluding tert-OH is 1. The molecule has 0 aromatic carbocycles. The van der Waals surface area contributed by atoms with E-state index in [1.165, 1.54) is 4.57 Å². The SMILES string of the molecule is CC(O)CNc1nc(=O)n(C)c2ncn(C)c12. The van der Waals surface area contributed by atoms with E-state index in [4.69, 9.17) is 0 Å². The van der Waals surface area contributed by atoms with Crippen molar-refractivity contribution < 1.29 is 5.11 Å². The van der Waals surface area contributed by atoms with Crippen molar-refractivity contribution in [2.75, 3.05) is 11.9 Å². The van der Waals surface area contributed by atoms with Crippen LogP contribution in [0.1, 0.15) is 6.92 Å². The Morgan fingerprint density at radius 1 is 1.53 bits per heavy atom. The smallest absolute Gasteiger partial charge is 0.351 e. The maximum Gasteiger partial charge on any atom is 0.351 e. The van der Waals surface area contributed by atoms with Crippen molar-refractivity contribution in [3.63, 3.8) is 0 Å². The quantitative estimate of drug-likeness (QED) is 0.749. The summed E-state index contributed by atoms with van der Waals surface area (Å²) in [4.78, 5) is 19.7. The fourth-order valence-electron chi connectivity index (χ4n) is 1.62. The molecule has 1 atom stereocenters. The van der Waals surface area contributed by atoms with Crippen LogP contribution in [0.3, 0.4) is 0 Å². The van der Waals surface area contributed by atoms with Crippen LogP contribution in [0.25, 0.3) is 11.2 Å². The third-order valence-corrected chi connectivity index (χ3v) is 2.52. The third kappa shape index (κ3) is 2.01. The molecule has 0 aliphatic carbocycles. The van der Waals surface area contributed by atoms with Gasteiger partial charge in [0.25, 0.3) is 0 Å². The monoisotopic (exact) mass is 237 g/mol. The molecule has 2 rings (SSSR count). The number of anilines is 1. The molecule has 0 saturated heterocycles. The summed E-state index contributed by atoms with van der Waals surface area (Å²) in [5.41, 5.74) is 0.942. The number of hydrogen-bond acceptors (Lipinski definition) is 5. The first-order chi connectivity index (χ1) is 8.00. The van der Waals surface area contributed by atoms with Gasteiger partial charge in [-0.05, 0) is 6.92 Å². The Morgan fingerprint density at radius 2 is 2.24 bits per heavy atom. The van der Waals surface area contributed by atoms with Crippen LogP contribution in [0.5, 0.6) is 0 Å². The number of aliphatic hydroxyl groups is 1. The van der Waals surface area contributed by atoms with Crippen molar-refractivity contribution in [3.8, 4) is 0 Å². The molecule has 0 bridgehead atoms. The molecule has 7 heteroatoms. The highest BCUT2D eigenvalue weighted by molar-refractivity contribution is 5.83. The van der Waals surface area contributed by atoms with Gasteiger partial charge in [-0.15, -0.1) is 0 Å². The van der Waals surface area contributed by atoms with E-state index < -0.39 is 6.10 Å². The Hall–Kier alpha value is -1.89. The molecule has 2 heterocycles. The van der Waals surface area contributed by atoms with Crippen molar-refractivity contribution in [2.24, 2.45) is 14.1 Å². The molecule has 1 unspecified atom stereocenters. The Kier molecular flexibility index (Phi) is 2.84. The molecule has 0 saturated carbocycles. The van der Waals surface area contributed by atoms with Crippen LogP contribution in [0.4, 0.5) is 5.82 Å². The number of rotatable bonds is 3. The molecule has 0 radical (unpaired) electrons. The summed E-state index contributed by atoms with van der Waals surface area (Å²) in [6.45, 7) is 1.99. The number of imidazole rings is 1. The zero-order valence-corrected chi connectivity index (χ0v) is 10.0. The molecule has 0 amide bonds. The van der Waals surface area contributed by atoms with Gasteiger partial charge in [0.1, 0.15) is 5.52 Å². The second-order valence-electron chi connectivity index (χ2n) is 4.06. The van der Waals surface area contributed by atoms with Crippen LogP contribution < -0.4 is 11.0 Å². The van der Waals surface area contributed by atoms with E-state index >= 15 is 0 Å². The van der Waals surface area contributed by atoms with Crippen LogP contribution >= 0.6 is 0 Å². The molecule has 17 heavy (non-hydrogen) atoms. The number of nitrogens with zero attached hydrogens (tertiary/aromatic N) is 4. The average molecular weight is 237 g/mol. The summed E-state index contributed by atoms with van der Waals surface area (Å²) < 4.78 is 3.18. The fraction of sp³-hybridized carbons (Fsp3) is 0.500. The molecule has 0 fully saturated rings. The summed E-state index contributed by atoms with van der Waals surface area (Å²) in [7, 11) is 3.46. The number of aryl methyl sites for hydroxylation is 2. The van der Waals surface area contributed by atoms with E-state index in [0.29, 0.717) is 18.0 Å². The van der Waals surface area contributed by atoms with E-state index in [0.717, 1.165) is 5.52 Å². The van der Waals surface area contributed by atoms with Crippen molar-refractivity contribution in [1.82, 2.24) is 19.1 Å². The Bertz CT molecular complexity index is 598. The summed E-state index contributed by atoms with van der Waals surface area (Å²) >= 11 is 0. The molecule has 0 spiro atoms. The maximum absolute atomic E-state index is 11.6. The van der Waals surface area contributed by atoms with Gasteiger partial charge >= 0.3 is 5.69 Å². The highest BCUT2D eigenvalue weighted by Gasteiger charge is 2.12. The molecule has 0 aliphatic heterocycles. The van der Waals surface area contributed by atoms with Gasteiger partial charge in [0, 0.05) is 20.6 Å². The Labute approximate surface area is 97.7 Å². The first kappa shape index (κ1) is 11.6. The Balaban J connectivity index is 2.58. The van der Waals surface area contributed by atoms with Gasteiger partial charge in [0.2, 0.25) is 0 Å². The molecular weight excluding hydrogens is 222 g/mol. The van der Waals surface area contributed by atoms with Crippen molar-refractivity contribution in [2.45, 2.75) is 13.0 Å². The molecule has 2 aromatic heterocycles. The predicted molar refractivity (Wildman–Crippen MR) is 63.9 cm³/mol. The van der Waals surface area contributed by atoms with Crippen LogP contribution in [-0.4, -0.2) is 36.9 Å². The van der Waals surface area contributed by atoms with E-state index in [2.05, 4.69) is 15.3 Å². The lowest BCUT2D eigenvalue weighted by molar-refractivity contribution is 0.208. The van der Waals surface area contributed by atoms with Gasteiger partial charge in [0.15, 0.2) is 11.5 Å². The molecular formula is C10H15N5O2. The number of nitrogens with one attached hydrogen (secondary N) is 1. The van der Waals surface area contributed by atoms with E-state index in [1.54, 1.807) is 24.9 Å².